The summed E-state index contributed by atoms with van der Waals surface area (Å²) in [6.45, 7) is 5.90. The Morgan fingerprint density at radius 1 is 1.12 bits per heavy atom. The van der Waals surface area contributed by atoms with Crippen molar-refractivity contribution in [1.82, 2.24) is 9.88 Å². The Labute approximate surface area is 148 Å². The third kappa shape index (κ3) is 3.30. The molecule has 4 rings (SSSR count). The minimum absolute atomic E-state index is 0.0512. The van der Waals surface area contributed by atoms with Crippen molar-refractivity contribution in [2.75, 3.05) is 37.7 Å². The van der Waals surface area contributed by atoms with Crippen LogP contribution in [0.5, 0.6) is 0 Å². The van der Waals surface area contributed by atoms with Crippen LogP contribution in [0, 0.1) is 0 Å². The van der Waals surface area contributed by atoms with Gasteiger partial charge in [-0.15, -0.1) is 0 Å². The normalized spacial score (nSPS) is 24.0. The first-order chi connectivity index (χ1) is 12.2. The lowest BCUT2D eigenvalue weighted by Gasteiger charge is -2.48. The average Bonchev–Trinajstić information content (AvgIpc) is 2.68. The number of fused-ring (bicyclic) bond motifs is 1. The molecule has 0 spiro atoms. The van der Waals surface area contributed by atoms with Gasteiger partial charge in [0.1, 0.15) is 5.82 Å². The van der Waals surface area contributed by atoms with E-state index in [0.717, 1.165) is 38.7 Å². The van der Waals surface area contributed by atoms with Crippen LogP contribution in [0.4, 0.5) is 5.82 Å². The molecule has 130 valence electrons. The van der Waals surface area contributed by atoms with Gasteiger partial charge >= 0.3 is 0 Å². The van der Waals surface area contributed by atoms with Gasteiger partial charge < -0.3 is 9.64 Å². The SMILES string of the molecule is CC(=O)c1ccc(N2CCN3[C@@H](COC[C@@H]3c3ccccc3)C2)nc1. The summed E-state index contributed by atoms with van der Waals surface area (Å²) >= 11 is 0. The Balaban J connectivity index is 1.49. The standard InChI is InChI=1S/C20H23N3O2/c1-15(24)17-7-8-20(21-11-17)22-9-10-23-18(12-22)13-25-14-19(23)16-5-3-2-4-6-16/h2-8,11,18-19H,9-10,12-14H2,1H3/t18-,19-/m1/s1. The van der Waals surface area contributed by atoms with Crippen molar-refractivity contribution >= 4 is 11.6 Å². The van der Waals surface area contributed by atoms with E-state index in [9.17, 15) is 4.79 Å². The number of aromatic nitrogens is 1. The quantitative estimate of drug-likeness (QED) is 0.806. The summed E-state index contributed by atoms with van der Waals surface area (Å²) in [5.41, 5.74) is 1.98. The second-order valence-electron chi connectivity index (χ2n) is 6.76. The van der Waals surface area contributed by atoms with Gasteiger partial charge in [-0.2, -0.15) is 0 Å². The minimum atomic E-state index is 0.0512. The molecule has 0 aliphatic carbocycles. The Kier molecular flexibility index (Phi) is 4.51. The number of carbonyl (C=O) groups is 1. The van der Waals surface area contributed by atoms with Crippen LogP contribution in [-0.4, -0.2) is 54.6 Å². The summed E-state index contributed by atoms with van der Waals surface area (Å²) in [6, 6.07) is 15.1. The highest BCUT2D eigenvalue weighted by atomic mass is 16.5. The van der Waals surface area contributed by atoms with E-state index in [2.05, 4.69) is 45.1 Å². The van der Waals surface area contributed by atoms with Gasteiger partial charge in [-0.05, 0) is 24.6 Å². The summed E-state index contributed by atoms with van der Waals surface area (Å²) in [5.74, 6) is 0.988. The molecular formula is C20H23N3O2. The van der Waals surface area contributed by atoms with E-state index < -0.39 is 0 Å². The first kappa shape index (κ1) is 16.2. The van der Waals surface area contributed by atoms with Crippen molar-refractivity contribution in [2.45, 2.75) is 19.0 Å². The van der Waals surface area contributed by atoms with Crippen molar-refractivity contribution in [2.24, 2.45) is 0 Å². The van der Waals surface area contributed by atoms with Gasteiger partial charge in [-0.25, -0.2) is 4.98 Å². The van der Waals surface area contributed by atoms with Crippen LogP contribution < -0.4 is 4.90 Å². The number of nitrogens with zero attached hydrogens (tertiary/aromatic N) is 3. The van der Waals surface area contributed by atoms with Gasteiger partial charge in [0, 0.05) is 31.4 Å². The van der Waals surface area contributed by atoms with Crippen LogP contribution in [0.1, 0.15) is 28.9 Å². The van der Waals surface area contributed by atoms with Gasteiger partial charge in [0.05, 0.1) is 25.3 Å². The van der Waals surface area contributed by atoms with E-state index in [1.165, 1.54) is 5.56 Å². The van der Waals surface area contributed by atoms with Gasteiger partial charge in [-0.1, -0.05) is 30.3 Å². The molecule has 2 aromatic rings. The Bertz CT molecular complexity index is 732. The number of morpholine rings is 1. The number of Topliss-reactive ketones (excluding diaryl/α,β-unsaturated/α-hetero) is 1. The molecule has 2 aliphatic heterocycles. The zero-order valence-corrected chi connectivity index (χ0v) is 14.5. The average molecular weight is 337 g/mol. The van der Waals surface area contributed by atoms with Crippen LogP contribution in [0.15, 0.2) is 48.7 Å². The predicted molar refractivity (Wildman–Crippen MR) is 97.0 cm³/mol. The number of ketones is 1. The minimum Gasteiger partial charge on any atom is -0.378 e. The summed E-state index contributed by atoms with van der Waals surface area (Å²) < 4.78 is 5.91. The molecule has 2 saturated heterocycles. The number of piperazine rings is 1. The molecule has 1 aromatic heterocycles. The van der Waals surface area contributed by atoms with Crippen LogP contribution in [0.3, 0.4) is 0 Å². The van der Waals surface area contributed by atoms with Gasteiger partial charge in [-0.3, -0.25) is 9.69 Å². The molecule has 2 aliphatic rings. The summed E-state index contributed by atoms with van der Waals surface area (Å²) in [5, 5.41) is 0. The lowest BCUT2D eigenvalue weighted by molar-refractivity contribution is -0.0548. The zero-order valence-electron chi connectivity index (χ0n) is 14.5. The number of hydrogen-bond donors (Lipinski definition) is 0. The molecule has 0 unspecified atom stereocenters. The molecule has 1 aromatic carbocycles. The maximum absolute atomic E-state index is 11.4. The Hall–Kier alpha value is -2.24. The number of rotatable bonds is 3. The molecular weight excluding hydrogens is 314 g/mol. The third-order valence-corrected chi connectivity index (χ3v) is 5.18. The van der Waals surface area contributed by atoms with E-state index in [1.807, 2.05) is 12.1 Å². The maximum Gasteiger partial charge on any atom is 0.161 e. The molecule has 5 nitrogen and oxygen atoms in total. The van der Waals surface area contributed by atoms with Crippen molar-refractivity contribution < 1.29 is 9.53 Å². The van der Waals surface area contributed by atoms with E-state index in [1.54, 1.807) is 13.1 Å². The first-order valence-electron chi connectivity index (χ1n) is 8.83. The fraction of sp³-hybridized carbons (Fsp3) is 0.400. The topological polar surface area (TPSA) is 45.7 Å². The fourth-order valence-corrected chi connectivity index (χ4v) is 3.79. The molecule has 0 N–H and O–H groups in total. The largest absolute Gasteiger partial charge is 0.378 e. The van der Waals surface area contributed by atoms with Crippen LogP contribution in [-0.2, 0) is 4.74 Å². The van der Waals surface area contributed by atoms with E-state index in [-0.39, 0.29) is 5.78 Å². The molecule has 5 heteroatoms. The lowest BCUT2D eigenvalue weighted by Crippen LogP contribution is -2.59. The first-order valence-corrected chi connectivity index (χ1v) is 8.83. The van der Waals surface area contributed by atoms with Crippen molar-refractivity contribution in [3.05, 3.63) is 59.8 Å². The predicted octanol–water partition coefficient (Wildman–Crippen LogP) is 2.55. The smallest absolute Gasteiger partial charge is 0.161 e. The second kappa shape index (κ2) is 6.94. The summed E-state index contributed by atoms with van der Waals surface area (Å²) in [6.07, 6.45) is 1.67. The van der Waals surface area contributed by atoms with Crippen molar-refractivity contribution in [3.63, 3.8) is 0 Å². The van der Waals surface area contributed by atoms with Crippen LogP contribution >= 0.6 is 0 Å². The van der Waals surface area contributed by atoms with Crippen LogP contribution in [0.25, 0.3) is 0 Å². The molecule has 2 atom stereocenters. The highest BCUT2D eigenvalue weighted by molar-refractivity contribution is 5.93. The zero-order chi connectivity index (χ0) is 17.2. The molecule has 2 fully saturated rings. The third-order valence-electron chi connectivity index (χ3n) is 5.18. The van der Waals surface area contributed by atoms with E-state index >= 15 is 0 Å². The van der Waals surface area contributed by atoms with Crippen LogP contribution in [0.2, 0.25) is 0 Å². The molecule has 0 bridgehead atoms. The number of pyridine rings is 1. The molecule has 25 heavy (non-hydrogen) atoms. The van der Waals surface area contributed by atoms with Crippen molar-refractivity contribution in [3.8, 4) is 0 Å². The van der Waals surface area contributed by atoms with E-state index in [0.29, 0.717) is 17.6 Å². The Morgan fingerprint density at radius 2 is 1.96 bits per heavy atom. The number of anilines is 1. The monoisotopic (exact) mass is 337 g/mol. The molecule has 0 radical (unpaired) electrons. The van der Waals surface area contributed by atoms with Gasteiger partial charge in [0.25, 0.3) is 0 Å². The number of carbonyl (C=O) groups excluding carboxylic acids is 1. The molecule has 0 saturated carbocycles. The highest BCUT2D eigenvalue weighted by Crippen LogP contribution is 2.30. The maximum atomic E-state index is 11.4. The summed E-state index contributed by atoms with van der Waals surface area (Å²) in [4.78, 5) is 20.8. The highest BCUT2D eigenvalue weighted by Gasteiger charge is 2.36. The number of hydrogen-bond acceptors (Lipinski definition) is 5. The lowest BCUT2D eigenvalue weighted by atomic mass is 10.00. The fourth-order valence-electron chi connectivity index (χ4n) is 3.79. The number of ether oxygens (including phenoxy) is 1. The molecule has 0 amide bonds. The summed E-state index contributed by atoms with van der Waals surface area (Å²) in [7, 11) is 0. The molecule has 3 heterocycles. The van der Waals surface area contributed by atoms with Crippen molar-refractivity contribution in [1.29, 1.82) is 0 Å². The van der Waals surface area contributed by atoms with Gasteiger partial charge in [0.15, 0.2) is 5.78 Å². The Morgan fingerprint density at radius 3 is 2.68 bits per heavy atom. The number of benzene rings is 1. The van der Waals surface area contributed by atoms with E-state index in [4.69, 9.17) is 4.74 Å². The second-order valence-corrected chi connectivity index (χ2v) is 6.76. The van der Waals surface area contributed by atoms with Gasteiger partial charge in [0.2, 0.25) is 0 Å².